The molecule has 2 aromatic carbocycles. The van der Waals surface area contributed by atoms with Crippen LogP contribution >= 0.6 is 27.3 Å². The van der Waals surface area contributed by atoms with Gasteiger partial charge in [-0.15, -0.1) is 0 Å². The molecule has 1 atom stereocenters. The summed E-state index contributed by atoms with van der Waals surface area (Å²) in [6.07, 6.45) is 1.62. The van der Waals surface area contributed by atoms with E-state index in [-0.39, 0.29) is 29.1 Å². The van der Waals surface area contributed by atoms with Crippen molar-refractivity contribution in [2.24, 2.45) is 0 Å². The Hall–Kier alpha value is -3.76. The minimum Gasteiger partial charge on any atom is -0.493 e. The molecule has 0 N–H and O–H groups in total. The number of thiazole rings is 1. The highest BCUT2D eigenvalue weighted by Crippen LogP contribution is 2.45. The maximum atomic E-state index is 13.8. The van der Waals surface area contributed by atoms with Gasteiger partial charge in [-0.3, -0.25) is 19.3 Å². The van der Waals surface area contributed by atoms with Gasteiger partial charge in [0.2, 0.25) is 5.76 Å². The molecule has 10 heteroatoms. The van der Waals surface area contributed by atoms with Crippen molar-refractivity contribution in [2.45, 2.75) is 19.9 Å². The Morgan fingerprint density at radius 1 is 1.24 bits per heavy atom. The molecule has 0 bridgehead atoms. The van der Waals surface area contributed by atoms with Crippen LogP contribution in [0.25, 0.3) is 11.0 Å². The molecule has 1 unspecified atom stereocenters. The number of Topliss-reactive ketones (excluding diaryl/α,β-unsaturated/α-hetero) is 1. The van der Waals surface area contributed by atoms with Crippen LogP contribution in [0.5, 0.6) is 11.5 Å². The molecule has 1 amide bonds. The summed E-state index contributed by atoms with van der Waals surface area (Å²) in [6.45, 7) is 7.10. The Morgan fingerprint density at radius 2 is 2.03 bits per heavy atom. The van der Waals surface area contributed by atoms with Gasteiger partial charge in [0.15, 0.2) is 27.8 Å². The number of amides is 1. The zero-order chi connectivity index (χ0) is 26.4. The summed E-state index contributed by atoms with van der Waals surface area (Å²) >= 11 is 4.50. The Kier molecular flexibility index (Phi) is 6.47. The molecule has 0 spiro atoms. The van der Waals surface area contributed by atoms with Gasteiger partial charge in [-0.2, -0.15) is 0 Å². The van der Waals surface area contributed by atoms with E-state index >= 15 is 0 Å². The van der Waals surface area contributed by atoms with Gasteiger partial charge in [0.25, 0.3) is 5.91 Å². The van der Waals surface area contributed by atoms with Gasteiger partial charge in [0.1, 0.15) is 12.2 Å². The van der Waals surface area contributed by atoms with Crippen LogP contribution in [-0.2, 0) is 0 Å². The van der Waals surface area contributed by atoms with Crippen molar-refractivity contribution in [3.63, 3.8) is 0 Å². The highest BCUT2D eigenvalue weighted by Gasteiger charge is 2.45. The summed E-state index contributed by atoms with van der Waals surface area (Å²) in [6, 6.07) is 9.37. The minimum absolute atomic E-state index is 0.0620. The van der Waals surface area contributed by atoms with Crippen LogP contribution in [-0.4, -0.2) is 30.4 Å². The number of nitrogens with zero attached hydrogens (tertiary/aromatic N) is 2. The third-order valence-corrected chi connectivity index (χ3v) is 7.75. The van der Waals surface area contributed by atoms with Gasteiger partial charge >= 0.3 is 0 Å². The zero-order valence-corrected chi connectivity index (χ0v) is 22.6. The van der Waals surface area contributed by atoms with E-state index in [1.807, 2.05) is 0 Å². The minimum atomic E-state index is -0.866. The van der Waals surface area contributed by atoms with Gasteiger partial charge < -0.3 is 13.9 Å². The smallest absolute Gasteiger partial charge is 0.297 e. The first-order valence-corrected chi connectivity index (χ1v) is 12.9. The summed E-state index contributed by atoms with van der Waals surface area (Å²) in [5.74, 6) is 0.176. The van der Waals surface area contributed by atoms with Crippen LogP contribution in [0.15, 0.2) is 62.7 Å². The fraction of sp³-hybridized carbons (Fsp3) is 0.185. The van der Waals surface area contributed by atoms with E-state index in [1.165, 1.54) is 18.9 Å². The summed E-state index contributed by atoms with van der Waals surface area (Å²) in [5.41, 5.74) is 1.26. The van der Waals surface area contributed by atoms with Crippen LogP contribution in [0.2, 0.25) is 0 Å². The molecular formula is C27H21BrN2O6S. The van der Waals surface area contributed by atoms with Crippen LogP contribution in [0.4, 0.5) is 5.13 Å². The third kappa shape index (κ3) is 4.15. The molecular weight excluding hydrogens is 560 g/mol. The van der Waals surface area contributed by atoms with Crippen LogP contribution < -0.4 is 19.8 Å². The molecule has 0 aliphatic carbocycles. The quantitative estimate of drug-likeness (QED) is 0.200. The van der Waals surface area contributed by atoms with Gasteiger partial charge in [-0.25, -0.2) is 4.98 Å². The number of hydrogen-bond acceptors (Lipinski definition) is 8. The molecule has 0 fully saturated rings. The SMILES string of the molecule is C=CCOc1ccc(C2c3c(oc4ccc(Br)cc4c3=O)C(=O)N2c2nc(C)c(C(C)=O)s2)cc1OC. The van der Waals surface area contributed by atoms with E-state index in [0.717, 1.165) is 11.3 Å². The van der Waals surface area contributed by atoms with Gasteiger partial charge in [0, 0.05) is 11.4 Å². The largest absolute Gasteiger partial charge is 0.493 e. The average molecular weight is 581 g/mol. The number of fused-ring (bicyclic) bond motifs is 2. The number of carbonyl (C=O) groups is 2. The summed E-state index contributed by atoms with van der Waals surface area (Å²) in [5, 5.41) is 0.630. The Balaban J connectivity index is 1.77. The fourth-order valence-electron chi connectivity index (χ4n) is 4.39. The van der Waals surface area contributed by atoms with Crippen LogP contribution in [0.3, 0.4) is 0 Å². The molecule has 0 saturated heterocycles. The first-order valence-electron chi connectivity index (χ1n) is 11.2. The summed E-state index contributed by atoms with van der Waals surface area (Å²) in [7, 11) is 1.51. The Bertz CT molecular complexity index is 1660. The van der Waals surface area contributed by atoms with E-state index in [0.29, 0.717) is 48.2 Å². The lowest BCUT2D eigenvalue weighted by Crippen LogP contribution is -2.29. The molecule has 4 aromatic rings. The van der Waals surface area contributed by atoms with Crippen molar-refractivity contribution in [3.8, 4) is 11.5 Å². The second kappa shape index (κ2) is 9.60. The number of ketones is 1. The third-order valence-electron chi connectivity index (χ3n) is 6.00. The number of benzene rings is 2. The van der Waals surface area contributed by atoms with E-state index < -0.39 is 11.9 Å². The van der Waals surface area contributed by atoms with Crippen molar-refractivity contribution >= 4 is 55.1 Å². The summed E-state index contributed by atoms with van der Waals surface area (Å²) < 4.78 is 17.9. The van der Waals surface area contributed by atoms with Crippen LogP contribution in [0.1, 0.15) is 50.0 Å². The molecule has 0 radical (unpaired) electrons. The number of methoxy groups -OCH3 is 1. The number of ether oxygens (including phenoxy) is 2. The Labute approximate surface area is 224 Å². The maximum Gasteiger partial charge on any atom is 0.297 e. The number of aromatic nitrogens is 1. The highest BCUT2D eigenvalue weighted by atomic mass is 79.9. The standard InChI is InChI=1S/C27H21BrN2O6S/c1-5-10-35-19-8-6-15(11-20(19)34-4)22-21-23(32)17-12-16(28)7-9-18(17)36-24(21)26(33)30(22)27-29-13(2)25(37-27)14(3)31/h5-9,11-12,22H,1,10H2,2-4H3. The molecule has 8 nitrogen and oxygen atoms in total. The number of halogens is 1. The number of aryl methyl sites for hydroxylation is 1. The molecule has 37 heavy (non-hydrogen) atoms. The predicted octanol–water partition coefficient (Wildman–Crippen LogP) is 5.85. The van der Waals surface area contributed by atoms with Gasteiger partial charge in [-0.1, -0.05) is 46.0 Å². The van der Waals surface area contributed by atoms with Crippen molar-refractivity contribution in [3.05, 3.63) is 91.2 Å². The number of rotatable bonds is 7. The van der Waals surface area contributed by atoms with E-state index in [9.17, 15) is 14.4 Å². The molecule has 3 heterocycles. The lowest BCUT2D eigenvalue weighted by molar-refractivity contribution is 0.0969. The fourth-order valence-corrected chi connectivity index (χ4v) is 5.74. The monoisotopic (exact) mass is 580 g/mol. The van der Waals surface area contributed by atoms with E-state index in [2.05, 4.69) is 27.5 Å². The predicted molar refractivity (Wildman–Crippen MR) is 144 cm³/mol. The first-order chi connectivity index (χ1) is 17.7. The second-order valence-corrected chi connectivity index (χ2v) is 10.3. The zero-order valence-electron chi connectivity index (χ0n) is 20.2. The lowest BCUT2D eigenvalue weighted by Gasteiger charge is -2.23. The van der Waals surface area contributed by atoms with Crippen molar-refractivity contribution in [1.82, 2.24) is 4.98 Å². The van der Waals surface area contributed by atoms with Crippen molar-refractivity contribution in [1.29, 1.82) is 0 Å². The molecule has 1 aliphatic heterocycles. The second-order valence-electron chi connectivity index (χ2n) is 8.37. The van der Waals surface area contributed by atoms with Gasteiger partial charge in [-0.05, 0) is 42.8 Å². The summed E-state index contributed by atoms with van der Waals surface area (Å²) in [4.78, 5) is 46.1. The van der Waals surface area contributed by atoms with E-state index in [4.69, 9.17) is 13.9 Å². The molecule has 5 rings (SSSR count). The number of anilines is 1. The maximum absolute atomic E-state index is 13.8. The molecule has 188 valence electrons. The van der Waals surface area contributed by atoms with Crippen LogP contribution in [0, 0.1) is 6.92 Å². The van der Waals surface area contributed by atoms with Crippen molar-refractivity contribution < 1.29 is 23.5 Å². The first kappa shape index (κ1) is 24.9. The van der Waals surface area contributed by atoms with E-state index in [1.54, 1.807) is 49.4 Å². The van der Waals surface area contributed by atoms with Gasteiger partial charge in [0.05, 0.1) is 34.7 Å². The number of hydrogen-bond donors (Lipinski definition) is 0. The molecule has 2 aromatic heterocycles. The Morgan fingerprint density at radius 3 is 2.70 bits per heavy atom. The average Bonchev–Trinajstić information content (AvgIpc) is 3.40. The molecule has 1 aliphatic rings. The lowest BCUT2D eigenvalue weighted by atomic mass is 9.98. The topological polar surface area (TPSA) is 98.9 Å². The normalized spacial score (nSPS) is 14.6. The van der Waals surface area contributed by atoms with Crippen molar-refractivity contribution in [2.75, 3.05) is 18.6 Å². The molecule has 0 saturated carbocycles. The number of carbonyl (C=O) groups excluding carboxylic acids is 2. The highest BCUT2D eigenvalue weighted by molar-refractivity contribution is 9.10.